The molecule has 2 nitrogen and oxygen atoms in total. The van der Waals surface area contributed by atoms with Gasteiger partial charge in [0.2, 0.25) is 0 Å². The zero-order chi connectivity index (χ0) is 13.7. The van der Waals surface area contributed by atoms with Crippen molar-refractivity contribution in [1.82, 2.24) is 4.98 Å². The molecule has 0 atom stereocenters. The number of hydrogen-bond donors (Lipinski definition) is 0. The van der Waals surface area contributed by atoms with Crippen molar-refractivity contribution in [3.05, 3.63) is 41.0 Å². The third kappa shape index (κ3) is 3.99. The summed E-state index contributed by atoms with van der Waals surface area (Å²) in [4.78, 5) is 15.0. The van der Waals surface area contributed by atoms with E-state index in [0.29, 0.717) is 11.4 Å². The van der Waals surface area contributed by atoms with Crippen molar-refractivity contribution in [3.8, 4) is 11.8 Å². The Hall–Kier alpha value is -1.50. The highest BCUT2D eigenvalue weighted by molar-refractivity contribution is 8.13. The van der Waals surface area contributed by atoms with E-state index in [1.165, 1.54) is 11.8 Å². The normalized spacial score (nSPS) is 10.0. The maximum atomic E-state index is 10.8. The van der Waals surface area contributed by atoms with Gasteiger partial charge in [0.15, 0.2) is 5.12 Å². The van der Waals surface area contributed by atoms with Gasteiger partial charge in [0.1, 0.15) is 0 Å². The van der Waals surface area contributed by atoms with Crippen LogP contribution in [-0.2, 0) is 4.79 Å². The number of benzene rings is 1. The number of carbonyl (C=O) groups excluding carboxylic acids is 1. The summed E-state index contributed by atoms with van der Waals surface area (Å²) in [5.41, 5.74) is 1.78. The highest BCUT2D eigenvalue weighted by atomic mass is 35.5. The molecule has 0 saturated heterocycles. The average molecular weight is 290 g/mol. The lowest BCUT2D eigenvalue weighted by atomic mass is 10.1. The van der Waals surface area contributed by atoms with Crippen LogP contribution in [0.2, 0.25) is 5.02 Å². The topological polar surface area (TPSA) is 30.0 Å². The van der Waals surface area contributed by atoms with Crippen LogP contribution in [0.4, 0.5) is 0 Å². The Balaban J connectivity index is 2.11. The van der Waals surface area contributed by atoms with Crippen LogP contribution in [-0.4, -0.2) is 15.9 Å². The minimum absolute atomic E-state index is 0.130. The first-order valence-corrected chi connectivity index (χ1v) is 7.19. The molecule has 0 aliphatic carbocycles. The van der Waals surface area contributed by atoms with Crippen LogP contribution in [0.25, 0.3) is 10.9 Å². The minimum atomic E-state index is 0.130. The molecule has 0 amide bonds. The molecule has 1 heterocycles. The molecule has 0 aliphatic heterocycles. The number of aromatic nitrogens is 1. The van der Waals surface area contributed by atoms with Crippen LogP contribution in [0.3, 0.4) is 0 Å². The second-order valence-electron chi connectivity index (χ2n) is 3.92. The Bertz CT molecular complexity index is 673. The summed E-state index contributed by atoms with van der Waals surface area (Å²) in [5, 5.41) is 1.72. The molecule has 0 bridgehead atoms. The first kappa shape index (κ1) is 13.9. The van der Waals surface area contributed by atoms with Crippen molar-refractivity contribution in [2.45, 2.75) is 13.3 Å². The van der Waals surface area contributed by atoms with Crippen LogP contribution >= 0.6 is 23.4 Å². The highest BCUT2D eigenvalue weighted by Crippen LogP contribution is 2.22. The average Bonchev–Trinajstić information content (AvgIpc) is 2.39. The third-order valence-electron chi connectivity index (χ3n) is 2.45. The smallest absolute Gasteiger partial charge is 0.185 e. The molecule has 1 aromatic carbocycles. The molecule has 0 unspecified atom stereocenters. The molecule has 0 aliphatic rings. The lowest BCUT2D eigenvalue weighted by Gasteiger charge is -1.99. The number of fused-ring (bicyclic) bond motifs is 1. The Labute approximate surface area is 121 Å². The van der Waals surface area contributed by atoms with E-state index in [9.17, 15) is 4.79 Å². The number of thioether (sulfide) groups is 1. The molecule has 0 N–H and O–H groups in total. The van der Waals surface area contributed by atoms with E-state index in [0.717, 1.165) is 22.2 Å². The van der Waals surface area contributed by atoms with Crippen molar-refractivity contribution < 1.29 is 4.79 Å². The summed E-state index contributed by atoms with van der Waals surface area (Å²) in [6.45, 7) is 1.57. The number of rotatable bonds is 2. The number of halogens is 1. The van der Waals surface area contributed by atoms with Gasteiger partial charge in [-0.15, -0.1) is 0 Å². The van der Waals surface area contributed by atoms with Gasteiger partial charge in [-0.05, 0) is 24.3 Å². The van der Waals surface area contributed by atoms with Crippen LogP contribution in [0.1, 0.15) is 18.9 Å². The second kappa shape index (κ2) is 6.60. The standard InChI is InChI=1S/C15H12ClNOS/c1-11(18)19-9-3-2-4-12-5-6-15-13(10-12)14(16)7-8-17-15/h5-8,10H,3,9H2,1H3. The van der Waals surface area contributed by atoms with Gasteiger partial charge in [0, 0.05) is 36.2 Å². The SMILES string of the molecule is CC(=O)SCCC#Cc1ccc2nccc(Cl)c2c1. The van der Waals surface area contributed by atoms with E-state index in [4.69, 9.17) is 11.6 Å². The van der Waals surface area contributed by atoms with Gasteiger partial charge in [-0.1, -0.05) is 35.2 Å². The summed E-state index contributed by atoms with van der Waals surface area (Å²) < 4.78 is 0. The van der Waals surface area contributed by atoms with E-state index in [-0.39, 0.29) is 5.12 Å². The van der Waals surface area contributed by atoms with Crippen molar-refractivity contribution in [2.24, 2.45) is 0 Å². The third-order valence-corrected chi connectivity index (χ3v) is 3.60. The van der Waals surface area contributed by atoms with Crippen molar-refractivity contribution in [3.63, 3.8) is 0 Å². The van der Waals surface area contributed by atoms with Crippen molar-refractivity contribution >= 4 is 39.4 Å². The fraction of sp³-hybridized carbons (Fsp3) is 0.200. The maximum Gasteiger partial charge on any atom is 0.185 e. The Morgan fingerprint density at radius 3 is 3.05 bits per heavy atom. The summed E-state index contributed by atoms with van der Waals surface area (Å²) in [5.74, 6) is 6.87. The molecular formula is C15H12ClNOS. The Morgan fingerprint density at radius 1 is 1.42 bits per heavy atom. The van der Waals surface area contributed by atoms with Gasteiger partial charge < -0.3 is 0 Å². The van der Waals surface area contributed by atoms with Gasteiger partial charge in [0.05, 0.1) is 10.5 Å². The largest absolute Gasteiger partial charge is 0.288 e. The fourth-order valence-corrected chi connectivity index (χ4v) is 2.30. The summed E-state index contributed by atoms with van der Waals surface area (Å²) >= 11 is 7.42. The Kier molecular flexibility index (Phi) is 4.84. The predicted octanol–water partition coefficient (Wildman–Crippen LogP) is 3.91. The van der Waals surface area contributed by atoms with Crippen molar-refractivity contribution in [2.75, 3.05) is 5.75 Å². The number of hydrogen-bond acceptors (Lipinski definition) is 3. The number of pyridine rings is 1. The van der Waals surface area contributed by atoms with Crippen LogP contribution in [0.15, 0.2) is 30.5 Å². The zero-order valence-electron chi connectivity index (χ0n) is 10.4. The molecule has 0 saturated carbocycles. The zero-order valence-corrected chi connectivity index (χ0v) is 12.0. The molecule has 0 radical (unpaired) electrons. The van der Waals surface area contributed by atoms with Crippen LogP contribution < -0.4 is 0 Å². The van der Waals surface area contributed by atoms with Gasteiger partial charge in [0.25, 0.3) is 0 Å². The van der Waals surface area contributed by atoms with E-state index in [1.54, 1.807) is 19.2 Å². The van der Waals surface area contributed by atoms with E-state index >= 15 is 0 Å². The molecule has 0 spiro atoms. The maximum absolute atomic E-state index is 10.8. The van der Waals surface area contributed by atoms with E-state index in [1.807, 2.05) is 18.2 Å². The quantitative estimate of drug-likeness (QED) is 0.620. The molecular weight excluding hydrogens is 278 g/mol. The summed E-state index contributed by atoms with van der Waals surface area (Å²) in [6.07, 6.45) is 2.39. The van der Waals surface area contributed by atoms with Crippen LogP contribution in [0.5, 0.6) is 0 Å². The highest BCUT2D eigenvalue weighted by Gasteiger charge is 1.99. The second-order valence-corrected chi connectivity index (χ2v) is 5.60. The van der Waals surface area contributed by atoms with Gasteiger partial charge in [-0.25, -0.2) is 0 Å². The molecule has 0 fully saturated rings. The lowest BCUT2D eigenvalue weighted by Crippen LogP contribution is -1.84. The molecule has 96 valence electrons. The first-order valence-electron chi connectivity index (χ1n) is 5.83. The molecule has 2 rings (SSSR count). The molecule has 19 heavy (non-hydrogen) atoms. The lowest BCUT2D eigenvalue weighted by molar-refractivity contribution is -0.109. The summed E-state index contributed by atoms with van der Waals surface area (Å²) in [6, 6.07) is 7.55. The first-order chi connectivity index (χ1) is 9.16. The number of nitrogens with zero attached hydrogens (tertiary/aromatic N) is 1. The fourth-order valence-electron chi connectivity index (χ4n) is 1.60. The Morgan fingerprint density at radius 2 is 2.26 bits per heavy atom. The minimum Gasteiger partial charge on any atom is -0.288 e. The molecule has 4 heteroatoms. The van der Waals surface area contributed by atoms with E-state index in [2.05, 4.69) is 16.8 Å². The van der Waals surface area contributed by atoms with Crippen molar-refractivity contribution in [1.29, 1.82) is 0 Å². The van der Waals surface area contributed by atoms with Gasteiger partial charge in [-0.2, -0.15) is 0 Å². The predicted molar refractivity (Wildman–Crippen MR) is 81.4 cm³/mol. The monoisotopic (exact) mass is 289 g/mol. The van der Waals surface area contributed by atoms with Crippen LogP contribution in [0, 0.1) is 11.8 Å². The summed E-state index contributed by atoms with van der Waals surface area (Å²) in [7, 11) is 0. The van der Waals surface area contributed by atoms with Gasteiger partial charge in [-0.3, -0.25) is 9.78 Å². The molecule has 2 aromatic rings. The van der Waals surface area contributed by atoms with Gasteiger partial charge >= 0.3 is 0 Å². The number of carbonyl (C=O) groups is 1. The van der Waals surface area contributed by atoms with E-state index < -0.39 is 0 Å². The molecule has 1 aromatic heterocycles.